The summed E-state index contributed by atoms with van der Waals surface area (Å²) in [5.74, 6) is 0.651. The van der Waals surface area contributed by atoms with Crippen LogP contribution < -0.4 is 0 Å². The molecule has 6 heteroatoms. The molecule has 0 unspecified atom stereocenters. The number of carbonyl (C=O) groups is 1. The second-order valence-corrected chi connectivity index (χ2v) is 5.55. The van der Waals surface area contributed by atoms with Crippen molar-refractivity contribution in [2.75, 3.05) is 0 Å². The summed E-state index contributed by atoms with van der Waals surface area (Å²) in [4.78, 5) is 19.1. The van der Waals surface area contributed by atoms with Crippen LogP contribution in [0, 0.1) is 6.92 Å². The Kier molecular flexibility index (Phi) is 4.74. The number of nitrogens with zero attached hydrogens (tertiary/aromatic N) is 4. The van der Waals surface area contributed by atoms with Crippen LogP contribution in [0.1, 0.15) is 34.6 Å². The zero-order chi connectivity index (χ0) is 16.9. The van der Waals surface area contributed by atoms with Crippen LogP contribution in [-0.2, 0) is 19.6 Å². The molecule has 0 N–H and O–H groups in total. The fourth-order valence-electron chi connectivity index (χ4n) is 2.60. The van der Waals surface area contributed by atoms with Gasteiger partial charge in [-0.25, -0.2) is 0 Å². The highest BCUT2D eigenvalue weighted by molar-refractivity contribution is 5.92. The molecular weight excluding hydrogens is 304 g/mol. The molecule has 0 aliphatic rings. The van der Waals surface area contributed by atoms with E-state index >= 15 is 0 Å². The van der Waals surface area contributed by atoms with Crippen molar-refractivity contribution in [2.45, 2.75) is 33.5 Å². The van der Waals surface area contributed by atoms with E-state index in [4.69, 9.17) is 4.42 Å². The fourth-order valence-corrected chi connectivity index (χ4v) is 2.60. The number of aromatic nitrogens is 3. The Morgan fingerprint density at radius 3 is 2.79 bits per heavy atom. The first kappa shape index (κ1) is 16.0. The van der Waals surface area contributed by atoms with Crippen molar-refractivity contribution in [1.29, 1.82) is 0 Å². The maximum atomic E-state index is 13.1. The van der Waals surface area contributed by atoms with Gasteiger partial charge in [0.25, 0.3) is 5.91 Å². The van der Waals surface area contributed by atoms with Crippen molar-refractivity contribution in [2.24, 2.45) is 0 Å². The van der Waals surface area contributed by atoms with Gasteiger partial charge in [-0.2, -0.15) is 5.10 Å². The molecule has 0 atom stereocenters. The Morgan fingerprint density at radius 1 is 1.25 bits per heavy atom. The average molecular weight is 324 g/mol. The molecule has 0 aliphatic heterocycles. The van der Waals surface area contributed by atoms with Crippen molar-refractivity contribution < 1.29 is 9.21 Å². The topological polar surface area (TPSA) is 64.2 Å². The lowest BCUT2D eigenvalue weighted by Crippen LogP contribution is -2.32. The molecular formula is C18H20N4O2. The van der Waals surface area contributed by atoms with Gasteiger partial charge in [0.1, 0.15) is 11.5 Å². The molecule has 0 radical (unpaired) electrons. The molecule has 0 fully saturated rings. The number of amides is 1. The predicted molar refractivity (Wildman–Crippen MR) is 89.2 cm³/mol. The normalized spacial score (nSPS) is 10.8. The van der Waals surface area contributed by atoms with Gasteiger partial charge in [-0.1, -0.05) is 6.07 Å². The Labute approximate surface area is 140 Å². The zero-order valence-electron chi connectivity index (χ0n) is 13.8. The second-order valence-electron chi connectivity index (χ2n) is 5.55. The van der Waals surface area contributed by atoms with Crippen molar-refractivity contribution in [1.82, 2.24) is 19.7 Å². The van der Waals surface area contributed by atoms with Gasteiger partial charge in [-0.15, -0.1) is 0 Å². The van der Waals surface area contributed by atoms with E-state index < -0.39 is 0 Å². The van der Waals surface area contributed by atoms with Crippen LogP contribution >= 0.6 is 0 Å². The molecule has 6 nitrogen and oxygen atoms in total. The molecule has 1 amide bonds. The van der Waals surface area contributed by atoms with E-state index in [1.165, 1.54) is 0 Å². The third-order valence-electron chi connectivity index (χ3n) is 3.71. The molecule has 0 bridgehead atoms. The van der Waals surface area contributed by atoms with Crippen LogP contribution in [0.3, 0.4) is 0 Å². The summed E-state index contributed by atoms with van der Waals surface area (Å²) < 4.78 is 7.14. The molecule has 24 heavy (non-hydrogen) atoms. The summed E-state index contributed by atoms with van der Waals surface area (Å²) in [5, 5.41) is 4.37. The van der Waals surface area contributed by atoms with E-state index in [1.807, 2.05) is 50.2 Å². The van der Waals surface area contributed by atoms with E-state index in [0.29, 0.717) is 25.3 Å². The van der Waals surface area contributed by atoms with Crippen molar-refractivity contribution in [3.05, 3.63) is 71.7 Å². The van der Waals surface area contributed by atoms with Crippen LogP contribution in [-0.4, -0.2) is 25.6 Å². The monoisotopic (exact) mass is 324 g/mol. The minimum Gasteiger partial charge on any atom is -0.467 e. The maximum absolute atomic E-state index is 13.1. The Hall–Kier alpha value is -2.89. The quantitative estimate of drug-likeness (QED) is 0.699. The van der Waals surface area contributed by atoms with E-state index in [1.54, 1.807) is 22.0 Å². The van der Waals surface area contributed by atoms with E-state index in [-0.39, 0.29) is 5.91 Å². The summed E-state index contributed by atoms with van der Waals surface area (Å²) in [5.41, 5.74) is 2.24. The largest absolute Gasteiger partial charge is 0.467 e. The molecule has 3 heterocycles. The van der Waals surface area contributed by atoms with E-state index in [2.05, 4.69) is 10.1 Å². The lowest BCUT2D eigenvalue weighted by atomic mass is 10.2. The Morgan fingerprint density at radius 2 is 2.12 bits per heavy atom. The zero-order valence-corrected chi connectivity index (χ0v) is 13.8. The van der Waals surface area contributed by atoms with Gasteiger partial charge in [0, 0.05) is 12.7 Å². The van der Waals surface area contributed by atoms with Crippen LogP contribution in [0.15, 0.2) is 53.3 Å². The Balaban J connectivity index is 1.89. The molecule has 124 valence electrons. The third kappa shape index (κ3) is 3.53. The van der Waals surface area contributed by atoms with Crippen molar-refractivity contribution in [3.63, 3.8) is 0 Å². The smallest absolute Gasteiger partial charge is 0.272 e. The van der Waals surface area contributed by atoms with Gasteiger partial charge in [0.05, 0.1) is 30.7 Å². The first-order valence-electron chi connectivity index (χ1n) is 7.93. The number of hydrogen-bond acceptors (Lipinski definition) is 4. The molecule has 0 aromatic carbocycles. The molecule has 0 saturated heterocycles. The molecule has 3 aromatic heterocycles. The number of rotatable bonds is 6. The van der Waals surface area contributed by atoms with Gasteiger partial charge in [-0.3, -0.25) is 14.5 Å². The second kappa shape index (κ2) is 7.12. The van der Waals surface area contributed by atoms with Crippen LogP contribution in [0.5, 0.6) is 0 Å². The van der Waals surface area contributed by atoms with Gasteiger partial charge in [-0.05, 0) is 44.2 Å². The molecule has 0 aliphatic carbocycles. The predicted octanol–water partition coefficient (Wildman–Crippen LogP) is 3.04. The number of carbonyl (C=O) groups excluding carboxylic acids is 1. The number of furan rings is 1. The molecule has 3 aromatic rings. The van der Waals surface area contributed by atoms with Gasteiger partial charge < -0.3 is 9.32 Å². The fraction of sp³-hybridized carbons (Fsp3) is 0.278. The number of hydrogen-bond donors (Lipinski definition) is 0. The highest BCUT2D eigenvalue weighted by Crippen LogP contribution is 2.15. The van der Waals surface area contributed by atoms with Gasteiger partial charge in [0.2, 0.25) is 0 Å². The summed E-state index contributed by atoms with van der Waals surface area (Å²) in [6, 6.07) is 11.2. The highest BCUT2D eigenvalue weighted by Gasteiger charge is 2.22. The van der Waals surface area contributed by atoms with E-state index in [9.17, 15) is 4.79 Å². The Bertz CT molecular complexity index is 794. The van der Waals surface area contributed by atoms with Crippen LogP contribution in [0.25, 0.3) is 0 Å². The lowest BCUT2D eigenvalue weighted by molar-refractivity contribution is 0.0702. The summed E-state index contributed by atoms with van der Waals surface area (Å²) in [6.07, 6.45) is 3.34. The lowest BCUT2D eigenvalue weighted by Gasteiger charge is -2.21. The third-order valence-corrected chi connectivity index (χ3v) is 3.71. The van der Waals surface area contributed by atoms with Crippen LogP contribution in [0.2, 0.25) is 0 Å². The summed E-state index contributed by atoms with van der Waals surface area (Å²) >= 11 is 0. The minimum absolute atomic E-state index is 0.0838. The maximum Gasteiger partial charge on any atom is 0.272 e. The van der Waals surface area contributed by atoms with Gasteiger partial charge >= 0.3 is 0 Å². The average Bonchev–Trinajstić information content (AvgIpc) is 3.23. The minimum atomic E-state index is -0.0838. The summed E-state index contributed by atoms with van der Waals surface area (Å²) in [7, 11) is 0. The molecule has 0 saturated carbocycles. The van der Waals surface area contributed by atoms with Crippen LogP contribution in [0.4, 0.5) is 0 Å². The highest BCUT2D eigenvalue weighted by atomic mass is 16.3. The van der Waals surface area contributed by atoms with Crippen molar-refractivity contribution >= 4 is 5.91 Å². The number of pyridine rings is 1. The van der Waals surface area contributed by atoms with E-state index in [0.717, 1.165) is 17.1 Å². The first-order chi connectivity index (χ1) is 11.7. The first-order valence-corrected chi connectivity index (χ1v) is 7.93. The molecule has 0 spiro atoms. The van der Waals surface area contributed by atoms with Crippen molar-refractivity contribution in [3.8, 4) is 0 Å². The summed E-state index contributed by atoms with van der Waals surface area (Å²) in [6.45, 7) is 5.30. The SMILES string of the molecule is CCn1nc(C)cc1C(=O)N(Cc1ccccn1)Cc1ccco1. The standard InChI is InChI=1S/C18H20N4O2/c1-3-22-17(11-14(2)20-22)18(23)21(13-16-8-6-10-24-16)12-15-7-4-5-9-19-15/h4-11H,3,12-13H2,1-2H3. The number of aryl methyl sites for hydroxylation is 2. The molecule has 3 rings (SSSR count). The van der Waals surface area contributed by atoms with Gasteiger partial charge in [0.15, 0.2) is 0 Å².